The Labute approximate surface area is 167 Å². The van der Waals surface area contributed by atoms with Crippen LogP contribution in [0.4, 0.5) is 0 Å². The van der Waals surface area contributed by atoms with E-state index in [1.807, 2.05) is 4.68 Å². The van der Waals surface area contributed by atoms with Crippen molar-refractivity contribution in [2.75, 3.05) is 13.1 Å². The molecule has 6 heteroatoms. The number of carbonyl (C=O) groups excluding carboxylic acids is 1. The first-order valence-corrected chi connectivity index (χ1v) is 10.7. The molecule has 6 nitrogen and oxygen atoms in total. The van der Waals surface area contributed by atoms with E-state index in [9.17, 15) is 4.79 Å². The standard InChI is InChI=1S/C22H31N5O/c28-21(16-22(11-5-2-6-12-22)17-27-18-23-24-25-27)26-13-9-20(10-14-26)15-19-7-3-1-4-8-19/h1,3-4,7-8,18,20H,2,5-6,9-17H2. The van der Waals surface area contributed by atoms with Gasteiger partial charge in [0, 0.05) is 19.5 Å². The van der Waals surface area contributed by atoms with Gasteiger partial charge in [-0.05, 0) is 59.4 Å². The molecule has 1 aliphatic carbocycles. The summed E-state index contributed by atoms with van der Waals surface area (Å²) in [6.07, 6.45) is 11.5. The summed E-state index contributed by atoms with van der Waals surface area (Å²) in [6, 6.07) is 10.7. The average Bonchev–Trinajstić information content (AvgIpc) is 3.22. The van der Waals surface area contributed by atoms with Gasteiger partial charge in [0.2, 0.25) is 5.91 Å². The highest BCUT2D eigenvalue weighted by molar-refractivity contribution is 5.77. The average molecular weight is 382 g/mol. The van der Waals surface area contributed by atoms with Gasteiger partial charge in [-0.1, -0.05) is 49.6 Å². The van der Waals surface area contributed by atoms with Gasteiger partial charge in [-0.15, -0.1) is 5.10 Å². The molecular formula is C22H31N5O. The quantitative estimate of drug-likeness (QED) is 0.768. The van der Waals surface area contributed by atoms with Crippen LogP contribution >= 0.6 is 0 Å². The molecule has 0 bridgehead atoms. The maximum atomic E-state index is 13.1. The van der Waals surface area contributed by atoms with Gasteiger partial charge in [0.25, 0.3) is 0 Å². The summed E-state index contributed by atoms with van der Waals surface area (Å²) >= 11 is 0. The molecule has 0 radical (unpaired) electrons. The summed E-state index contributed by atoms with van der Waals surface area (Å²) in [7, 11) is 0. The van der Waals surface area contributed by atoms with E-state index in [1.54, 1.807) is 6.33 Å². The molecule has 0 N–H and O–H groups in total. The first-order valence-electron chi connectivity index (χ1n) is 10.7. The normalized spacial score (nSPS) is 20.2. The Morgan fingerprint density at radius 1 is 1.07 bits per heavy atom. The van der Waals surface area contributed by atoms with Crippen LogP contribution in [0.3, 0.4) is 0 Å². The van der Waals surface area contributed by atoms with Gasteiger partial charge in [0.1, 0.15) is 6.33 Å². The molecule has 1 amide bonds. The lowest BCUT2D eigenvalue weighted by Crippen LogP contribution is -2.43. The van der Waals surface area contributed by atoms with E-state index in [0.29, 0.717) is 18.2 Å². The molecule has 1 saturated heterocycles. The van der Waals surface area contributed by atoms with Crippen molar-refractivity contribution in [1.29, 1.82) is 0 Å². The predicted molar refractivity (Wildman–Crippen MR) is 107 cm³/mol. The summed E-state index contributed by atoms with van der Waals surface area (Å²) in [5.41, 5.74) is 1.43. The van der Waals surface area contributed by atoms with Crippen LogP contribution in [0.15, 0.2) is 36.7 Å². The van der Waals surface area contributed by atoms with Gasteiger partial charge < -0.3 is 4.90 Å². The number of piperidine rings is 1. The molecule has 0 atom stereocenters. The Kier molecular flexibility index (Phi) is 6.03. The van der Waals surface area contributed by atoms with E-state index in [4.69, 9.17) is 0 Å². The van der Waals surface area contributed by atoms with E-state index in [2.05, 4.69) is 50.8 Å². The molecule has 0 spiro atoms. The number of hydrogen-bond donors (Lipinski definition) is 0. The fraction of sp³-hybridized carbons (Fsp3) is 0.636. The Morgan fingerprint density at radius 3 is 2.50 bits per heavy atom. The number of likely N-dealkylation sites (tertiary alicyclic amines) is 1. The minimum atomic E-state index is 0.0194. The largest absolute Gasteiger partial charge is 0.343 e. The molecule has 1 aromatic carbocycles. The Balaban J connectivity index is 1.32. The zero-order valence-electron chi connectivity index (χ0n) is 16.7. The van der Waals surface area contributed by atoms with Crippen molar-refractivity contribution in [3.63, 3.8) is 0 Å². The summed E-state index contributed by atoms with van der Waals surface area (Å²) in [5, 5.41) is 11.6. The molecule has 1 aromatic heterocycles. The second-order valence-corrected chi connectivity index (χ2v) is 8.76. The van der Waals surface area contributed by atoms with Gasteiger partial charge in [0.05, 0.1) is 6.54 Å². The zero-order valence-corrected chi connectivity index (χ0v) is 16.7. The molecule has 28 heavy (non-hydrogen) atoms. The highest BCUT2D eigenvalue weighted by Gasteiger charge is 2.37. The molecule has 1 aliphatic heterocycles. The van der Waals surface area contributed by atoms with Crippen molar-refractivity contribution < 1.29 is 4.79 Å². The van der Waals surface area contributed by atoms with Crippen molar-refractivity contribution in [2.24, 2.45) is 11.3 Å². The first-order chi connectivity index (χ1) is 13.7. The van der Waals surface area contributed by atoms with E-state index in [-0.39, 0.29) is 5.41 Å². The van der Waals surface area contributed by atoms with Crippen LogP contribution in [0.25, 0.3) is 0 Å². The number of nitrogens with zero attached hydrogens (tertiary/aromatic N) is 5. The number of benzene rings is 1. The Bertz CT molecular complexity index is 732. The lowest BCUT2D eigenvalue weighted by molar-refractivity contribution is -0.136. The second kappa shape index (κ2) is 8.84. The van der Waals surface area contributed by atoms with Crippen molar-refractivity contribution in [3.05, 3.63) is 42.2 Å². The molecule has 0 unspecified atom stereocenters. The SMILES string of the molecule is O=C(CC1(Cn2cnnn2)CCCCC1)N1CCC(Cc2ccccc2)CC1. The molecule has 2 fully saturated rings. The Hall–Kier alpha value is -2.24. The summed E-state index contributed by atoms with van der Waals surface area (Å²) in [6.45, 7) is 2.56. The molecule has 1 saturated carbocycles. The molecule has 4 rings (SSSR count). The minimum absolute atomic E-state index is 0.0194. The Morgan fingerprint density at radius 2 is 1.82 bits per heavy atom. The van der Waals surface area contributed by atoms with Crippen LogP contribution in [0.1, 0.15) is 56.9 Å². The molecule has 2 aliphatic rings. The van der Waals surface area contributed by atoms with Crippen molar-refractivity contribution in [2.45, 2.75) is 64.3 Å². The van der Waals surface area contributed by atoms with E-state index in [0.717, 1.165) is 51.7 Å². The number of tetrazole rings is 1. The van der Waals surface area contributed by atoms with E-state index in [1.165, 1.54) is 24.8 Å². The van der Waals surface area contributed by atoms with Crippen LogP contribution in [-0.2, 0) is 17.8 Å². The third-order valence-corrected chi connectivity index (χ3v) is 6.66. The highest BCUT2D eigenvalue weighted by Crippen LogP contribution is 2.41. The molecule has 2 heterocycles. The van der Waals surface area contributed by atoms with Gasteiger partial charge in [0.15, 0.2) is 0 Å². The van der Waals surface area contributed by atoms with Gasteiger partial charge in [-0.25, -0.2) is 4.68 Å². The second-order valence-electron chi connectivity index (χ2n) is 8.76. The number of rotatable bonds is 6. The highest BCUT2D eigenvalue weighted by atomic mass is 16.2. The molecular weight excluding hydrogens is 350 g/mol. The smallest absolute Gasteiger partial charge is 0.223 e. The van der Waals surface area contributed by atoms with Crippen LogP contribution in [-0.4, -0.2) is 44.1 Å². The van der Waals surface area contributed by atoms with E-state index >= 15 is 0 Å². The summed E-state index contributed by atoms with van der Waals surface area (Å²) < 4.78 is 1.81. The van der Waals surface area contributed by atoms with Crippen LogP contribution in [0.2, 0.25) is 0 Å². The lowest BCUT2D eigenvalue weighted by Gasteiger charge is -2.39. The minimum Gasteiger partial charge on any atom is -0.343 e. The summed E-state index contributed by atoms with van der Waals surface area (Å²) in [4.78, 5) is 15.2. The van der Waals surface area contributed by atoms with Crippen molar-refractivity contribution >= 4 is 5.91 Å². The topological polar surface area (TPSA) is 63.9 Å². The maximum absolute atomic E-state index is 13.1. The predicted octanol–water partition coefficient (Wildman–Crippen LogP) is 3.50. The van der Waals surface area contributed by atoms with E-state index < -0.39 is 0 Å². The van der Waals surface area contributed by atoms with Gasteiger partial charge >= 0.3 is 0 Å². The monoisotopic (exact) mass is 381 g/mol. The van der Waals surface area contributed by atoms with Crippen molar-refractivity contribution in [3.8, 4) is 0 Å². The number of amides is 1. The van der Waals surface area contributed by atoms with Crippen LogP contribution in [0.5, 0.6) is 0 Å². The number of hydrogen-bond acceptors (Lipinski definition) is 4. The van der Waals surface area contributed by atoms with Crippen LogP contribution < -0.4 is 0 Å². The maximum Gasteiger partial charge on any atom is 0.223 e. The molecule has 2 aromatic rings. The van der Waals surface area contributed by atoms with Crippen LogP contribution in [0, 0.1) is 11.3 Å². The third kappa shape index (κ3) is 4.78. The fourth-order valence-corrected chi connectivity index (χ4v) is 5.06. The number of carbonyl (C=O) groups is 1. The lowest BCUT2D eigenvalue weighted by atomic mass is 9.71. The first kappa shape index (κ1) is 19.1. The van der Waals surface area contributed by atoms with Gasteiger partial charge in [-0.2, -0.15) is 0 Å². The third-order valence-electron chi connectivity index (χ3n) is 6.66. The zero-order chi connectivity index (χ0) is 19.2. The molecule has 150 valence electrons. The van der Waals surface area contributed by atoms with Crippen molar-refractivity contribution in [1.82, 2.24) is 25.1 Å². The summed E-state index contributed by atoms with van der Waals surface area (Å²) in [5.74, 6) is 1.02. The van der Waals surface area contributed by atoms with Gasteiger partial charge in [-0.3, -0.25) is 4.79 Å². The fourth-order valence-electron chi connectivity index (χ4n) is 5.06. The number of aromatic nitrogens is 4.